The van der Waals surface area contributed by atoms with Gasteiger partial charge in [-0.1, -0.05) is 33.3 Å². The lowest BCUT2D eigenvalue weighted by Gasteiger charge is -2.44. The third-order valence-corrected chi connectivity index (χ3v) is 5.80. The minimum atomic E-state index is 0.379. The van der Waals surface area contributed by atoms with E-state index in [9.17, 15) is 0 Å². The summed E-state index contributed by atoms with van der Waals surface area (Å²) in [5.41, 5.74) is 0.379. The zero-order valence-corrected chi connectivity index (χ0v) is 14.6. The van der Waals surface area contributed by atoms with E-state index >= 15 is 0 Å². The van der Waals surface area contributed by atoms with E-state index in [0.717, 1.165) is 12.3 Å². The third-order valence-electron chi connectivity index (χ3n) is 4.47. The number of hydrogen-bond donors (Lipinski definition) is 1. The second-order valence-corrected chi connectivity index (χ2v) is 7.96. The summed E-state index contributed by atoms with van der Waals surface area (Å²) in [6.07, 6.45) is 5.15. The zero-order valence-electron chi connectivity index (χ0n) is 13.8. The summed E-state index contributed by atoms with van der Waals surface area (Å²) in [5, 5.41) is 4.45. The average Bonchev–Trinajstić information content (AvgIpc) is 2.46. The van der Waals surface area contributed by atoms with Crippen LogP contribution in [-0.4, -0.2) is 24.9 Å². The van der Waals surface area contributed by atoms with Crippen molar-refractivity contribution >= 4 is 11.8 Å². The molecule has 1 N–H and O–H groups in total. The van der Waals surface area contributed by atoms with Crippen molar-refractivity contribution in [1.82, 2.24) is 5.32 Å². The Balaban J connectivity index is 2.10. The second-order valence-electron chi connectivity index (χ2n) is 6.65. The van der Waals surface area contributed by atoms with E-state index in [1.54, 1.807) is 7.11 Å². The van der Waals surface area contributed by atoms with Gasteiger partial charge in [-0.3, -0.25) is 0 Å². The highest BCUT2D eigenvalue weighted by atomic mass is 32.2. The molecule has 2 atom stereocenters. The molecule has 3 heteroatoms. The molecule has 1 fully saturated rings. The van der Waals surface area contributed by atoms with Crippen LogP contribution in [0.2, 0.25) is 0 Å². The molecule has 0 saturated heterocycles. The van der Waals surface area contributed by atoms with Gasteiger partial charge < -0.3 is 10.1 Å². The maximum Gasteiger partial charge on any atom is 0.119 e. The van der Waals surface area contributed by atoms with Gasteiger partial charge in [-0.2, -0.15) is 0 Å². The van der Waals surface area contributed by atoms with E-state index in [0.29, 0.717) is 16.7 Å². The van der Waals surface area contributed by atoms with Gasteiger partial charge in [-0.15, -0.1) is 11.8 Å². The maximum absolute atomic E-state index is 5.35. The van der Waals surface area contributed by atoms with Crippen LogP contribution in [0.4, 0.5) is 0 Å². The van der Waals surface area contributed by atoms with Crippen molar-refractivity contribution in [1.29, 1.82) is 0 Å². The van der Waals surface area contributed by atoms with Crippen LogP contribution in [0.3, 0.4) is 0 Å². The lowest BCUT2D eigenvalue weighted by Crippen LogP contribution is -2.51. The Bertz CT molecular complexity index is 447. The van der Waals surface area contributed by atoms with Crippen LogP contribution in [0.1, 0.15) is 46.5 Å². The Morgan fingerprint density at radius 3 is 2.90 bits per heavy atom. The molecule has 1 aromatic rings. The van der Waals surface area contributed by atoms with E-state index in [-0.39, 0.29) is 0 Å². The van der Waals surface area contributed by atoms with Crippen LogP contribution in [0.5, 0.6) is 5.75 Å². The number of hydrogen-bond acceptors (Lipinski definition) is 3. The SMILES string of the molecule is CCCNC1C(Sc2cccc(OC)c2)CCCC1(C)C. The Kier molecular flexibility index (Phi) is 6.00. The molecule has 2 rings (SSSR count). The van der Waals surface area contributed by atoms with Gasteiger partial charge in [-0.05, 0) is 49.4 Å². The fourth-order valence-corrected chi connectivity index (χ4v) is 4.84. The van der Waals surface area contributed by atoms with Crippen molar-refractivity contribution in [3.8, 4) is 5.75 Å². The van der Waals surface area contributed by atoms with Crippen LogP contribution in [0.25, 0.3) is 0 Å². The molecule has 2 unspecified atom stereocenters. The van der Waals surface area contributed by atoms with Crippen LogP contribution < -0.4 is 10.1 Å². The molecule has 0 spiro atoms. The summed E-state index contributed by atoms with van der Waals surface area (Å²) in [6.45, 7) is 8.19. The van der Waals surface area contributed by atoms with E-state index in [4.69, 9.17) is 4.74 Å². The van der Waals surface area contributed by atoms with Gasteiger partial charge in [0.15, 0.2) is 0 Å². The monoisotopic (exact) mass is 307 g/mol. The van der Waals surface area contributed by atoms with Crippen molar-refractivity contribution in [2.75, 3.05) is 13.7 Å². The van der Waals surface area contributed by atoms with Crippen LogP contribution in [-0.2, 0) is 0 Å². The molecule has 1 aliphatic rings. The zero-order chi connectivity index (χ0) is 15.3. The van der Waals surface area contributed by atoms with Crippen molar-refractivity contribution in [2.24, 2.45) is 5.41 Å². The topological polar surface area (TPSA) is 21.3 Å². The number of nitrogens with one attached hydrogen (secondary N) is 1. The summed E-state index contributed by atoms with van der Waals surface area (Å²) in [4.78, 5) is 1.32. The standard InChI is InChI=1S/C18H29NOS/c1-5-12-19-17-16(10-7-11-18(17,2)3)21-15-9-6-8-14(13-15)20-4/h6,8-9,13,16-17,19H,5,7,10-12H2,1-4H3. The predicted octanol–water partition coefficient (Wildman–Crippen LogP) is 4.73. The summed E-state index contributed by atoms with van der Waals surface area (Å²) in [7, 11) is 1.74. The Morgan fingerprint density at radius 2 is 2.19 bits per heavy atom. The van der Waals surface area contributed by atoms with Gasteiger partial charge in [0.1, 0.15) is 5.75 Å². The first-order valence-electron chi connectivity index (χ1n) is 8.11. The van der Waals surface area contributed by atoms with E-state index in [1.807, 2.05) is 17.8 Å². The molecule has 1 aromatic carbocycles. The van der Waals surface area contributed by atoms with Gasteiger partial charge in [0, 0.05) is 16.2 Å². The highest BCUT2D eigenvalue weighted by molar-refractivity contribution is 8.00. The number of thioether (sulfide) groups is 1. The van der Waals surface area contributed by atoms with Gasteiger partial charge in [0.25, 0.3) is 0 Å². The molecule has 2 nitrogen and oxygen atoms in total. The third kappa shape index (κ3) is 4.40. The van der Waals surface area contributed by atoms with E-state index < -0.39 is 0 Å². The largest absolute Gasteiger partial charge is 0.497 e. The molecule has 21 heavy (non-hydrogen) atoms. The maximum atomic E-state index is 5.35. The summed E-state index contributed by atoms with van der Waals surface area (Å²) >= 11 is 2.01. The molecule has 0 amide bonds. The molecule has 0 heterocycles. The highest BCUT2D eigenvalue weighted by Gasteiger charge is 2.38. The second kappa shape index (κ2) is 7.55. The minimum absolute atomic E-state index is 0.379. The molecule has 0 aliphatic heterocycles. The number of rotatable bonds is 6. The molecule has 1 saturated carbocycles. The quantitative estimate of drug-likeness (QED) is 0.820. The summed E-state index contributed by atoms with van der Waals surface area (Å²) < 4.78 is 5.35. The van der Waals surface area contributed by atoms with Gasteiger partial charge in [0.2, 0.25) is 0 Å². The molecular weight excluding hydrogens is 278 g/mol. The lowest BCUT2D eigenvalue weighted by atomic mass is 9.73. The number of ether oxygens (including phenoxy) is 1. The molecule has 0 aromatic heterocycles. The van der Waals surface area contributed by atoms with Crippen molar-refractivity contribution in [3.05, 3.63) is 24.3 Å². The van der Waals surface area contributed by atoms with Gasteiger partial charge in [-0.25, -0.2) is 0 Å². The molecule has 0 radical (unpaired) electrons. The number of benzene rings is 1. The normalized spacial score (nSPS) is 24.8. The van der Waals surface area contributed by atoms with Crippen LogP contribution >= 0.6 is 11.8 Å². The van der Waals surface area contributed by atoms with Crippen molar-refractivity contribution in [3.63, 3.8) is 0 Å². The van der Waals surface area contributed by atoms with Crippen molar-refractivity contribution in [2.45, 2.75) is 62.6 Å². The Morgan fingerprint density at radius 1 is 1.38 bits per heavy atom. The number of methoxy groups -OCH3 is 1. The Labute approximate surface area is 134 Å². The first kappa shape index (κ1) is 16.7. The predicted molar refractivity (Wildman–Crippen MR) is 92.4 cm³/mol. The lowest BCUT2D eigenvalue weighted by molar-refractivity contribution is 0.175. The molecule has 1 aliphatic carbocycles. The summed E-state index contributed by atoms with van der Waals surface area (Å²) in [5.74, 6) is 0.952. The van der Waals surface area contributed by atoms with Gasteiger partial charge >= 0.3 is 0 Å². The first-order valence-corrected chi connectivity index (χ1v) is 8.99. The highest BCUT2D eigenvalue weighted by Crippen LogP contribution is 2.43. The van der Waals surface area contributed by atoms with Crippen molar-refractivity contribution < 1.29 is 4.74 Å². The Hall–Kier alpha value is -0.670. The van der Waals surface area contributed by atoms with E-state index in [2.05, 4.69) is 44.3 Å². The van der Waals surface area contributed by atoms with Gasteiger partial charge in [0.05, 0.1) is 7.11 Å². The fraction of sp³-hybridized carbons (Fsp3) is 0.667. The summed E-state index contributed by atoms with van der Waals surface area (Å²) in [6, 6.07) is 9.04. The van der Waals surface area contributed by atoms with Crippen LogP contribution in [0, 0.1) is 5.41 Å². The smallest absolute Gasteiger partial charge is 0.119 e. The molecule has 118 valence electrons. The van der Waals surface area contributed by atoms with Crippen LogP contribution in [0.15, 0.2) is 29.2 Å². The fourth-order valence-electron chi connectivity index (χ4n) is 3.27. The first-order chi connectivity index (χ1) is 10.1. The molecular formula is C18H29NOS. The molecule has 0 bridgehead atoms. The average molecular weight is 308 g/mol. The van der Waals surface area contributed by atoms with E-state index in [1.165, 1.54) is 30.6 Å². The minimum Gasteiger partial charge on any atom is -0.497 e.